The minimum Gasteiger partial charge on any atom is -0.359 e. The highest BCUT2D eigenvalue weighted by molar-refractivity contribution is 5.96. The van der Waals surface area contributed by atoms with E-state index in [0.29, 0.717) is 25.4 Å². The van der Waals surface area contributed by atoms with Crippen molar-refractivity contribution in [1.82, 2.24) is 29.6 Å². The summed E-state index contributed by atoms with van der Waals surface area (Å²) in [6.07, 6.45) is 5.64. The summed E-state index contributed by atoms with van der Waals surface area (Å²) in [7, 11) is 0. The van der Waals surface area contributed by atoms with Gasteiger partial charge in [0.2, 0.25) is 11.8 Å². The number of aromatic nitrogens is 3. The first-order valence-electron chi connectivity index (χ1n) is 9.79. The normalized spacial score (nSPS) is 17.3. The molecule has 0 aliphatic carbocycles. The maximum Gasteiger partial charge on any atom is 0.276 e. The van der Waals surface area contributed by atoms with Crippen molar-refractivity contribution in [2.45, 2.75) is 26.3 Å². The molecule has 4 heterocycles. The summed E-state index contributed by atoms with van der Waals surface area (Å²) in [5.74, 6) is -0.0911. The zero-order valence-electron chi connectivity index (χ0n) is 16.4. The average Bonchev–Trinajstić information content (AvgIpc) is 3.45. The van der Waals surface area contributed by atoms with Gasteiger partial charge in [0.05, 0.1) is 12.7 Å². The molecule has 2 saturated heterocycles. The van der Waals surface area contributed by atoms with Crippen LogP contribution in [0.4, 0.5) is 0 Å². The third-order valence-electron chi connectivity index (χ3n) is 5.25. The first-order chi connectivity index (χ1) is 14.0. The zero-order chi connectivity index (χ0) is 20.4. The second kappa shape index (κ2) is 8.06. The lowest BCUT2D eigenvalue weighted by Gasteiger charge is -2.34. The van der Waals surface area contributed by atoms with Crippen molar-refractivity contribution in [3.05, 3.63) is 35.5 Å². The summed E-state index contributed by atoms with van der Waals surface area (Å²) >= 11 is 0. The summed E-state index contributed by atoms with van der Waals surface area (Å²) in [6, 6.07) is 1.58. The molecular formula is C19H24N6O4. The van der Waals surface area contributed by atoms with Crippen LogP contribution in [0.15, 0.2) is 23.0 Å². The number of likely N-dealkylation sites (tertiary alicyclic amines) is 1. The van der Waals surface area contributed by atoms with E-state index >= 15 is 0 Å². The Morgan fingerprint density at radius 3 is 2.62 bits per heavy atom. The van der Waals surface area contributed by atoms with Crippen LogP contribution in [-0.2, 0) is 16.1 Å². The molecule has 154 valence electrons. The van der Waals surface area contributed by atoms with Crippen LogP contribution in [0.25, 0.3) is 0 Å². The Morgan fingerprint density at radius 1 is 1.14 bits per heavy atom. The summed E-state index contributed by atoms with van der Waals surface area (Å²) in [4.78, 5) is 42.2. The van der Waals surface area contributed by atoms with Crippen molar-refractivity contribution in [1.29, 1.82) is 0 Å². The largest absolute Gasteiger partial charge is 0.359 e. The molecular weight excluding hydrogens is 376 g/mol. The minimum atomic E-state index is -0.351. The highest BCUT2D eigenvalue weighted by Gasteiger charge is 2.31. The molecule has 10 heteroatoms. The molecule has 0 aromatic carbocycles. The Kier molecular flexibility index (Phi) is 5.32. The number of nitrogens with zero attached hydrogens (tertiary/aromatic N) is 6. The van der Waals surface area contributed by atoms with Crippen molar-refractivity contribution >= 4 is 17.7 Å². The van der Waals surface area contributed by atoms with Gasteiger partial charge in [0.25, 0.3) is 5.91 Å². The van der Waals surface area contributed by atoms with E-state index < -0.39 is 0 Å². The van der Waals surface area contributed by atoms with E-state index in [0.717, 1.165) is 31.5 Å². The molecule has 2 fully saturated rings. The fourth-order valence-electron chi connectivity index (χ4n) is 3.64. The van der Waals surface area contributed by atoms with Gasteiger partial charge < -0.3 is 19.2 Å². The number of aryl methyl sites for hydroxylation is 1. The number of rotatable bonds is 5. The quantitative estimate of drug-likeness (QED) is 0.707. The molecule has 2 aromatic heterocycles. The second-order valence-corrected chi connectivity index (χ2v) is 7.52. The number of hydrogen-bond donors (Lipinski definition) is 0. The summed E-state index contributed by atoms with van der Waals surface area (Å²) < 4.78 is 6.94. The predicted molar refractivity (Wildman–Crippen MR) is 101 cm³/mol. The molecule has 0 radical (unpaired) electrons. The first-order valence-corrected chi connectivity index (χ1v) is 9.79. The van der Waals surface area contributed by atoms with Crippen molar-refractivity contribution < 1.29 is 18.9 Å². The van der Waals surface area contributed by atoms with Crippen LogP contribution >= 0.6 is 0 Å². The van der Waals surface area contributed by atoms with Crippen molar-refractivity contribution in [2.75, 3.05) is 39.3 Å². The van der Waals surface area contributed by atoms with Crippen LogP contribution in [0, 0.1) is 6.92 Å². The van der Waals surface area contributed by atoms with E-state index in [9.17, 15) is 14.4 Å². The van der Waals surface area contributed by atoms with Crippen molar-refractivity contribution in [3.63, 3.8) is 0 Å². The smallest absolute Gasteiger partial charge is 0.276 e. The van der Waals surface area contributed by atoms with Crippen LogP contribution in [0.2, 0.25) is 0 Å². The van der Waals surface area contributed by atoms with Gasteiger partial charge in [-0.1, -0.05) is 5.16 Å². The van der Waals surface area contributed by atoms with Gasteiger partial charge >= 0.3 is 0 Å². The summed E-state index contributed by atoms with van der Waals surface area (Å²) in [5, 5.41) is 8.02. The Labute approximate surface area is 168 Å². The molecule has 4 rings (SSSR count). The summed E-state index contributed by atoms with van der Waals surface area (Å²) in [5.41, 5.74) is 1.19. The van der Waals surface area contributed by atoms with Gasteiger partial charge in [-0.3, -0.25) is 19.1 Å². The van der Waals surface area contributed by atoms with Crippen LogP contribution in [0.1, 0.15) is 34.7 Å². The second-order valence-electron chi connectivity index (χ2n) is 7.52. The SMILES string of the molecule is Cc1cnn(Cc2cc(C(=O)N3CCN(CC(=O)N4CCCC4)C(=O)C3)no2)c1. The summed E-state index contributed by atoms with van der Waals surface area (Å²) in [6.45, 7) is 4.55. The fourth-order valence-corrected chi connectivity index (χ4v) is 3.64. The van der Waals surface area contributed by atoms with E-state index in [2.05, 4.69) is 10.3 Å². The molecule has 0 spiro atoms. The monoisotopic (exact) mass is 400 g/mol. The lowest BCUT2D eigenvalue weighted by molar-refractivity contribution is -0.142. The molecule has 0 bridgehead atoms. The Bertz CT molecular complexity index is 913. The number of amides is 3. The molecule has 0 unspecified atom stereocenters. The average molecular weight is 400 g/mol. The lowest BCUT2D eigenvalue weighted by Crippen LogP contribution is -2.54. The maximum absolute atomic E-state index is 12.7. The van der Waals surface area contributed by atoms with Crippen LogP contribution in [-0.4, -0.2) is 86.6 Å². The molecule has 10 nitrogen and oxygen atoms in total. The molecule has 29 heavy (non-hydrogen) atoms. The van der Waals surface area contributed by atoms with Gasteiger partial charge in [-0.2, -0.15) is 5.10 Å². The van der Waals surface area contributed by atoms with Gasteiger partial charge in [0, 0.05) is 38.4 Å². The highest BCUT2D eigenvalue weighted by Crippen LogP contribution is 2.13. The van der Waals surface area contributed by atoms with Crippen LogP contribution in [0.3, 0.4) is 0 Å². The molecule has 0 atom stereocenters. The third kappa shape index (κ3) is 4.30. The number of piperazine rings is 1. The Hall–Kier alpha value is -3.17. The Balaban J connectivity index is 1.32. The van der Waals surface area contributed by atoms with Gasteiger partial charge in [-0.15, -0.1) is 0 Å². The predicted octanol–water partition coefficient (Wildman–Crippen LogP) is 0.135. The van der Waals surface area contributed by atoms with E-state index in [1.807, 2.05) is 13.1 Å². The zero-order valence-corrected chi connectivity index (χ0v) is 16.4. The molecule has 0 N–H and O–H groups in total. The van der Waals surface area contributed by atoms with E-state index in [1.165, 1.54) is 9.80 Å². The molecule has 3 amide bonds. The number of carbonyl (C=O) groups is 3. The molecule has 0 saturated carbocycles. The van der Waals surface area contributed by atoms with Gasteiger partial charge in [0.15, 0.2) is 11.5 Å². The molecule has 2 aliphatic rings. The van der Waals surface area contributed by atoms with E-state index in [-0.39, 0.29) is 36.5 Å². The lowest BCUT2D eigenvalue weighted by atomic mass is 10.2. The highest BCUT2D eigenvalue weighted by atomic mass is 16.5. The minimum absolute atomic E-state index is 0.0226. The topological polar surface area (TPSA) is 105 Å². The number of hydrogen-bond acceptors (Lipinski definition) is 6. The fraction of sp³-hybridized carbons (Fsp3) is 0.526. The number of carbonyl (C=O) groups excluding carboxylic acids is 3. The van der Waals surface area contributed by atoms with Gasteiger partial charge in [0.1, 0.15) is 13.1 Å². The molecule has 2 aromatic rings. The van der Waals surface area contributed by atoms with E-state index in [1.54, 1.807) is 21.8 Å². The van der Waals surface area contributed by atoms with Crippen molar-refractivity contribution in [2.24, 2.45) is 0 Å². The Morgan fingerprint density at radius 2 is 1.93 bits per heavy atom. The molecule has 2 aliphatic heterocycles. The van der Waals surface area contributed by atoms with E-state index in [4.69, 9.17) is 4.52 Å². The first kappa shape index (κ1) is 19.2. The van der Waals surface area contributed by atoms with Crippen LogP contribution < -0.4 is 0 Å². The standard InChI is InChI=1S/C19H24N6O4/c1-14-9-20-25(10-14)11-15-8-16(21-29-15)19(28)24-7-6-23(18(27)13-24)12-17(26)22-4-2-3-5-22/h8-10H,2-7,11-13H2,1H3. The van der Waals surface area contributed by atoms with Crippen molar-refractivity contribution in [3.8, 4) is 0 Å². The van der Waals surface area contributed by atoms with Gasteiger partial charge in [-0.25, -0.2) is 0 Å². The third-order valence-corrected chi connectivity index (χ3v) is 5.25. The maximum atomic E-state index is 12.7. The van der Waals surface area contributed by atoms with Crippen LogP contribution in [0.5, 0.6) is 0 Å². The van der Waals surface area contributed by atoms with Gasteiger partial charge in [-0.05, 0) is 25.3 Å².